The van der Waals surface area contributed by atoms with E-state index in [0.29, 0.717) is 6.61 Å². The van der Waals surface area contributed by atoms with Crippen LogP contribution in [0.15, 0.2) is 24.3 Å². The monoisotopic (exact) mass is 248 g/mol. The van der Waals surface area contributed by atoms with Crippen molar-refractivity contribution in [3.8, 4) is 5.75 Å². The SMILES string of the molecule is COCC=Cc1ccc2c(c1)C[C@@H](C(C)(C)O)O2. The fraction of sp³-hybridized carbons (Fsp3) is 0.467. The van der Waals surface area contributed by atoms with E-state index in [9.17, 15) is 5.11 Å². The molecule has 0 unspecified atom stereocenters. The summed E-state index contributed by atoms with van der Waals surface area (Å²) in [7, 11) is 1.68. The molecule has 0 amide bonds. The van der Waals surface area contributed by atoms with E-state index in [1.807, 2.05) is 24.3 Å². The van der Waals surface area contributed by atoms with Crippen molar-refractivity contribution in [1.29, 1.82) is 0 Å². The Morgan fingerprint density at radius 3 is 2.94 bits per heavy atom. The third-order valence-electron chi connectivity index (χ3n) is 3.12. The van der Waals surface area contributed by atoms with Crippen molar-refractivity contribution in [3.63, 3.8) is 0 Å². The molecular weight excluding hydrogens is 228 g/mol. The van der Waals surface area contributed by atoms with E-state index in [1.54, 1.807) is 21.0 Å². The first-order valence-electron chi connectivity index (χ1n) is 6.18. The minimum atomic E-state index is -0.814. The van der Waals surface area contributed by atoms with Crippen LogP contribution in [-0.2, 0) is 11.2 Å². The molecular formula is C15H20O3. The molecule has 1 N–H and O–H groups in total. The molecule has 0 bridgehead atoms. The number of hydrogen-bond donors (Lipinski definition) is 1. The molecule has 18 heavy (non-hydrogen) atoms. The van der Waals surface area contributed by atoms with Gasteiger partial charge in [0.15, 0.2) is 0 Å². The Kier molecular flexibility index (Phi) is 3.73. The average molecular weight is 248 g/mol. The van der Waals surface area contributed by atoms with Gasteiger partial charge in [-0.25, -0.2) is 0 Å². The molecule has 3 heteroatoms. The zero-order valence-electron chi connectivity index (χ0n) is 11.1. The molecule has 1 heterocycles. The predicted molar refractivity (Wildman–Crippen MR) is 71.8 cm³/mol. The van der Waals surface area contributed by atoms with Crippen molar-refractivity contribution in [2.45, 2.75) is 32.0 Å². The smallest absolute Gasteiger partial charge is 0.131 e. The van der Waals surface area contributed by atoms with Crippen LogP contribution >= 0.6 is 0 Å². The van der Waals surface area contributed by atoms with Gasteiger partial charge in [-0.2, -0.15) is 0 Å². The summed E-state index contributed by atoms with van der Waals surface area (Å²) in [5.74, 6) is 0.881. The minimum Gasteiger partial charge on any atom is -0.487 e. The molecule has 0 saturated carbocycles. The number of benzene rings is 1. The summed E-state index contributed by atoms with van der Waals surface area (Å²) < 4.78 is 10.7. The molecule has 1 atom stereocenters. The van der Waals surface area contributed by atoms with Gasteiger partial charge in [0.1, 0.15) is 11.9 Å². The lowest BCUT2D eigenvalue weighted by Crippen LogP contribution is -2.39. The lowest BCUT2D eigenvalue weighted by atomic mass is 9.96. The first-order chi connectivity index (χ1) is 8.50. The molecule has 0 fully saturated rings. The average Bonchev–Trinajstić information content (AvgIpc) is 2.72. The molecule has 1 aromatic rings. The third-order valence-corrected chi connectivity index (χ3v) is 3.12. The van der Waals surface area contributed by atoms with E-state index in [0.717, 1.165) is 23.3 Å². The quantitative estimate of drug-likeness (QED) is 0.889. The van der Waals surface area contributed by atoms with E-state index in [-0.39, 0.29) is 6.10 Å². The van der Waals surface area contributed by atoms with Gasteiger partial charge < -0.3 is 14.6 Å². The van der Waals surface area contributed by atoms with Crippen LogP contribution in [0.5, 0.6) is 5.75 Å². The summed E-state index contributed by atoms with van der Waals surface area (Å²) >= 11 is 0. The normalized spacial score (nSPS) is 19.0. The predicted octanol–water partition coefficient (Wildman–Crippen LogP) is 2.42. The van der Waals surface area contributed by atoms with E-state index in [1.165, 1.54) is 0 Å². The zero-order chi connectivity index (χ0) is 13.2. The van der Waals surface area contributed by atoms with Crippen molar-refractivity contribution in [2.75, 3.05) is 13.7 Å². The summed E-state index contributed by atoms with van der Waals surface area (Å²) in [6.45, 7) is 4.17. The van der Waals surface area contributed by atoms with Crippen molar-refractivity contribution >= 4 is 6.08 Å². The fourth-order valence-corrected chi connectivity index (χ4v) is 2.05. The second-order valence-electron chi connectivity index (χ2n) is 5.19. The van der Waals surface area contributed by atoms with E-state index in [4.69, 9.17) is 9.47 Å². The van der Waals surface area contributed by atoms with Gasteiger partial charge >= 0.3 is 0 Å². The highest BCUT2D eigenvalue weighted by Crippen LogP contribution is 2.33. The Bertz CT molecular complexity index is 444. The Morgan fingerprint density at radius 2 is 2.28 bits per heavy atom. The number of aliphatic hydroxyl groups is 1. The molecule has 1 aromatic carbocycles. The van der Waals surface area contributed by atoms with Gasteiger partial charge in [-0.15, -0.1) is 0 Å². The molecule has 3 nitrogen and oxygen atoms in total. The number of ether oxygens (including phenoxy) is 2. The van der Waals surface area contributed by atoms with Crippen molar-refractivity contribution < 1.29 is 14.6 Å². The van der Waals surface area contributed by atoms with Gasteiger partial charge in [0.05, 0.1) is 12.2 Å². The summed E-state index contributed by atoms with van der Waals surface area (Å²) in [4.78, 5) is 0. The molecule has 0 saturated heterocycles. The molecule has 98 valence electrons. The van der Waals surface area contributed by atoms with Gasteiger partial charge in [0, 0.05) is 13.5 Å². The highest BCUT2D eigenvalue weighted by Gasteiger charge is 2.34. The van der Waals surface area contributed by atoms with Crippen molar-refractivity contribution in [3.05, 3.63) is 35.4 Å². The lowest BCUT2D eigenvalue weighted by Gasteiger charge is -2.24. The van der Waals surface area contributed by atoms with Gasteiger partial charge in [0.25, 0.3) is 0 Å². The first kappa shape index (κ1) is 13.1. The standard InChI is InChI=1S/C15H20O3/c1-15(2,16)14-10-12-9-11(5-4-8-17-3)6-7-13(12)18-14/h4-7,9,14,16H,8,10H2,1-3H3/t14-/m0/s1. The first-order valence-corrected chi connectivity index (χ1v) is 6.18. The van der Waals surface area contributed by atoms with E-state index >= 15 is 0 Å². The van der Waals surface area contributed by atoms with Gasteiger partial charge in [-0.1, -0.05) is 18.2 Å². The molecule has 0 aliphatic carbocycles. The zero-order valence-corrected chi connectivity index (χ0v) is 11.1. The number of hydrogen-bond acceptors (Lipinski definition) is 3. The molecule has 1 aliphatic heterocycles. The number of rotatable bonds is 4. The molecule has 0 aromatic heterocycles. The van der Waals surface area contributed by atoms with Crippen LogP contribution in [0.2, 0.25) is 0 Å². The topological polar surface area (TPSA) is 38.7 Å². The fourth-order valence-electron chi connectivity index (χ4n) is 2.05. The highest BCUT2D eigenvalue weighted by atomic mass is 16.5. The van der Waals surface area contributed by atoms with Gasteiger partial charge in [-0.05, 0) is 37.1 Å². The van der Waals surface area contributed by atoms with Crippen LogP contribution < -0.4 is 4.74 Å². The van der Waals surface area contributed by atoms with Crippen molar-refractivity contribution in [1.82, 2.24) is 0 Å². The van der Waals surface area contributed by atoms with Crippen LogP contribution in [-0.4, -0.2) is 30.5 Å². The molecule has 0 radical (unpaired) electrons. The Morgan fingerprint density at radius 1 is 1.50 bits per heavy atom. The molecule has 0 spiro atoms. The summed E-state index contributed by atoms with van der Waals surface area (Å²) in [6, 6.07) is 6.08. The summed E-state index contributed by atoms with van der Waals surface area (Å²) in [6.07, 6.45) is 4.60. The van der Waals surface area contributed by atoms with E-state index < -0.39 is 5.60 Å². The van der Waals surface area contributed by atoms with Crippen LogP contribution in [0, 0.1) is 0 Å². The van der Waals surface area contributed by atoms with Gasteiger partial charge in [-0.3, -0.25) is 0 Å². The lowest BCUT2D eigenvalue weighted by molar-refractivity contribution is -0.0229. The van der Waals surface area contributed by atoms with Crippen molar-refractivity contribution in [2.24, 2.45) is 0 Å². The Labute approximate surface area is 108 Å². The summed E-state index contributed by atoms with van der Waals surface area (Å²) in [5, 5.41) is 9.98. The highest BCUT2D eigenvalue weighted by molar-refractivity contribution is 5.54. The maximum absolute atomic E-state index is 9.98. The van der Waals surface area contributed by atoms with Crippen LogP contribution in [0.25, 0.3) is 6.08 Å². The maximum Gasteiger partial charge on any atom is 0.131 e. The number of methoxy groups -OCH3 is 1. The largest absolute Gasteiger partial charge is 0.487 e. The van der Waals surface area contributed by atoms with Crippen LogP contribution in [0.3, 0.4) is 0 Å². The van der Waals surface area contributed by atoms with Crippen LogP contribution in [0.1, 0.15) is 25.0 Å². The Hall–Kier alpha value is -1.32. The van der Waals surface area contributed by atoms with Crippen LogP contribution in [0.4, 0.5) is 0 Å². The maximum atomic E-state index is 9.98. The minimum absolute atomic E-state index is 0.161. The number of fused-ring (bicyclic) bond motifs is 1. The second kappa shape index (κ2) is 5.12. The summed E-state index contributed by atoms with van der Waals surface area (Å²) in [5.41, 5.74) is 1.47. The van der Waals surface area contributed by atoms with E-state index in [2.05, 4.69) is 6.07 Å². The third kappa shape index (κ3) is 2.92. The second-order valence-corrected chi connectivity index (χ2v) is 5.19. The Balaban J connectivity index is 2.12. The molecule has 2 rings (SSSR count). The van der Waals surface area contributed by atoms with Gasteiger partial charge in [0.2, 0.25) is 0 Å². The molecule has 1 aliphatic rings.